The lowest BCUT2D eigenvalue weighted by Gasteiger charge is -2.19. The molecule has 0 fully saturated rings. The van der Waals surface area contributed by atoms with Crippen molar-refractivity contribution in [1.29, 1.82) is 0 Å². The Balaban J connectivity index is 3.20. The zero-order valence-electron chi connectivity index (χ0n) is 13.8. The molecular weight excluding hydrogens is 329 g/mol. The van der Waals surface area contributed by atoms with E-state index in [0.717, 1.165) is 0 Å². The summed E-state index contributed by atoms with van der Waals surface area (Å²) < 4.78 is 47.4. The maximum Gasteiger partial charge on any atom is 0.471 e. The van der Waals surface area contributed by atoms with E-state index >= 15 is 0 Å². The molecule has 0 aliphatic carbocycles. The summed E-state index contributed by atoms with van der Waals surface area (Å²) in [7, 11) is 5.83. The normalized spacial score (nSPS) is 11.0. The number of likely N-dealkylation sites (N-methyl/N-ethyl adjacent to an activating group) is 1. The van der Waals surface area contributed by atoms with Gasteiger partial charge in [-0.25, -0.2) is 0 Å². The molecule has 0 unspecified atom stereocenters. The number of rotatable bonds is 6. The highest BCUT2D eigenvalue weighted by atomic mass is 19.4. The van der Waals surface area contributed by atoms with E-state index in [-0.39, 0.29) is 29.4 Å². The summed E-state index contributed by atoms with van der Waals surface area (Å²) in [5.74, 6) is -1.86. The van der Waals surface area contributed by atoms with Gasteiger partial charge in [-0.3, -0.25) is 9.59 Å². The molecule has 9 heteroatoms. The molecule has 24 heavy (non-hydrogen) atoms. The molecule has 1 N–H and O–H groups in total. The van der Waals surface area contributed by atoms with Crippen LogP contribution in [0.15, 0.2) is 12.1 Å². The lowest BCUT2D eigenvalue weighted by atomic mass is 10.0. The van der Waals surface area contributed by atoms with Gasteiger partial charge >= 0.3 is 12.1 Å². The minimum atomic E-state index is -4.99. The third kappa shape index (κ3) is 4.77. The molecule has 0 bridgehead atoms. The number of nitrogens with zero attached hydrogens (tertiary/aromatic N) is 1. The van der Waals surface area contributed by atoms with Gasteiger partial charge in [0.25, 0.3) is 0 Å². The summed E-state index contributed by atoms with van der Waals surface area (Å²) >= 11 is 0. The van der Waals surface area contributed by atoms with Crippen molar-refractivity contribution in [2.24, 2.45) is 0 Å². The van der Waals surface area contributed by atoms with Crippen molar-refractivity contribution in [1.82, 2.24) is 10.2 Å². The molecule has 0 heterocycles. The molecule has 0 saturated heterocycles. The van der Waals surface area contributed by atoms with E-state index < -0.39 is 18.6 Å². The Kier molecular flexibility index (Phi) is 6.44. The lowest BCUT2D eigenvalue weighted by Crippen LogP contribution is -2.36. The van der Waals surface area contributed by atoms with Gasteiger partial charge in [0.05, 0.1) is 20.6 Å². The average molecular weight is 348 g/mol. The Bertz CT molecular complexity index is 615. The highest BCUT2D eigenvalue weighted by Gasteiger charge is 2.38. The molecule has 1 rings (SSSR count). The molecule has 1 aromatic carbocycles. The van der Waals surface area contributed by atoms with Gasteiger partial charge in [0.15, 0.2) is 11.5 Å². The lowest BCUT2D eigenvalue weighted by molar-refractivity contribution is -0.173. The molecular formula is C15H19F3N2O4. The largest absolute Gasteiger partial charge is 0.493 e. The number of methoxy groups -OCH3 is 2. The highest BCUT2D eigenvalue weighted by Crippen LogP contribution is 2.34. The van der Waals surface area contributed by atoms with Gasteiger partial charge in [0.2, 0.25) is 5.91 Å². The summed E-state index contributed by atoms with van der Waals surface area (Å²) in [5.41, 5.74) is 0.693. The predicted molar refractivity (Wildman–Crippen MR) is 79.8 cm³/mol. The number of hydrogen-bond acceptors (Lipinski definition) is 4. The number of carbonyl (C=O) groups is 2. The van der Waals surface area contributed by atoms with Crippen LogP contribution in [-0.2, 0) is 22.6 Å². The Morgan fingerprint density at radius 3 is 2.25 bits per heavy atom. The first kappa shape index (κ1) is 19.6. The molecule has 0 radical (unpaired) electrons. The van der Waals surface area contributed by atoms with Gasteiger partial charge in [-0.2, -0.15) is 13.2 Å². The quantitative estimate of drug-likeness (QED) is 0.846. The Morgan fingerprint density at radius 1 is 1.17 bits per heavy atom. The van der Waals surface area contributed by atoms with Crippen molar-refractivity contribution in [2.45, 2.75) is 19.1 Å². The number of benzene rings is 1. The van der Waals surface area contributed by atoms with E-state index in [9.17, 15) is 22.8 Å². The van der Waals surface area contributed by atoms with Crippen LogP contribution in [0.3, 0.4) is 0 Å². The van der Waals surface area contributed by atoms with Crippen molar-refractivity contribution in [3.05, 3.63) is 23.3 Å². The molecule has 0 aliphatic rings. The zero-order valence-corrected chi connectivity index (χ0v) is 13.8. The number of hydrogen-bond donors (Lipinski definition) is 1. The SMILES string of the molecule is COc1ccc(CC(=O)N(C)C)c(CNC(=O)C(F)(F)F)c1OC. The second-order valence-corrected chi connectivity index (χ2v) is 5.08. The molecule has 0 aromatic heterocycles. The van der Waals surface area contributed by atoms with Crippen molar-refractivity contribution in [2.75, 3.05) is 28.3 Å². The molecule has 1 aromatic rings. The summed E-state index contributed by atoms with van der Waals surface area (Å²) in [6.45, 7) is -0.450. The zero-order chi connectivity index (χ0) is 18.5. The molecule has 0 spiro atoms. The maximum absolute atomic E-state index is 12.4. The summed E-state index contributed by atoms with van der Waals surface area (Å²) in [4.78, 5) is 24.3. The molecule has 2 amide bonds. The van der Waals surface area contributed by atoms with Gasteiger partial charge in [-0.1, -0.05) is 6.07 Å². The van der Waals surface area contributed by atoms with E-state index in [4.69, 9.17) is 9.47 Å². The molecule has 134 valence electrons. The van der Waals surface area contributed by atoms with E-state index in [1.807, 2.05) is 0 Å². The fourth-order valence-corrected chi connectivity index (χ4v) is 1.98. The average Bonchev–Trinajstić information content (AvgIpc) is 2.51. The van der Waals surface area contributed by atoms with Crippen LogP contribution in [0.4, 0.5) is 13.2 Å². The van der Waals surface area contributed by atoms with E-state index in [0.29, 0.717) is 5.56 Å². The van der Waals surface area contributed by atoms with E-state index in [1.165, 1.54) is 19.1 Å². The second-order valence-electron chi connectivity index (χ2n) is 5.08. The van der Waals surface area contributed by atoms with Crippen LogP contribution < -0.4 is 14.8 Å². The van der Waals surface area contributed by atoms with Crippen LogP contribution in [0.1, 0.15) is 11.1 Å². The van der Waals surface area contributed by atoms with Crippen molar-refractivity contribution < 1.29 is 32.2 Å². The van der Waals surface area contributed by atoms with Gasteiger partial charge in [-0.05, 0) is 11.6 Å². The monoisotopic (exact) mass is 348 g/mol. The first-order valence-corrected chi connectivity index (χ1v) is 6.89. The van der Waals surface area contributed by atoms with Crippen molar-refractivity contribution in [3.63, 3.8) is 0 Å². The summed E-state index contributed by atoms with van der Waals surface area (Å²) in [6.07, 6.45) is -5.05. The van der Waals surface area contributed by atoms with Crippen LogP contribution in [-0.4, -0.2) is 51.2 Å². The van der Waals surface area contributed by atoms with Crippen molar-refractivity contribution in [3.8, 4) is 11.5 Å². The standard InChI is InChI=1S/C15H19F3N2O4/c1-20(2)12(21)7-9-5-6-11(23-3)13(24-4)10(9)8-19-14(22)15(16,17)18/h5-6H,7-8H2,1-4H3,(H,19,22). The van der Waals surface area contributed by atoms with E-state index in [1.54, 1.807) is 31.5 Å². The van der Waals surface area contributed by atoms with E-state index in [2.05, 4.69) is 0 Å². The van der Waals surface area contributed by atoms with Crippen LogP contribution in [0.25, 0.3) is 0 Å². The van der Waals surface area contributed by atoms with Gasteiger partial charge in [-0.15, -0.1) is 0 Å². The Morgan fingerprint density at radius 2 is 1.79 bits per heavy atom. The molecule has 0 saturated carbocycles. The van der Waals surface area contributed by atoms with Gasteiger partial charge < -0.3 is 19.7 Å². The fourth-order valence-electron chi connectivity index (χ4n) is 1.98. The van der Waals surface area contributed by atoms with Crippen LogP contribution >= 0.6 is 0 Å². The number of halogens is 3. The summed E-state index contributed by atoms with van der Waals surface area (Å²) in [5, 5.41) is 1.78. The number of amides is 2. The third-order valence-corrected chi connectivity index (χ3v) is 3.27. The van der Waals surface area contributed by atoms with Gasteiger partial charge in [0, 0.05) is 26.2 Å². The first-order valence-electron chi connectivity index (χ1n) is 6.89. The maximum atomic E-state index is 12.4. The number of ether oxygens (including phenoxy) is 2. The topological polar surface area (TPSA) is 67.9 Å². The predicted octanol–water partition coefficient (Wildman–Crippen LogP) is 1.51. The molecule has 0 aliphatic heterocycles. The van der Waals surface area contributed by atoms with Crippen LogP contribution in [0, 0.1) is 0 Å². The second kappa shape index (κ2) is 7.89. The van der Waals surface area contributed by atoms with Crippen molar-refractivity contribution >= 4 is 11.8 Å². The third-order valence-electron chi connectivity index (χ3n) is 3.27. The minimum absolute atomic E-state index is 0.0510. The number of nitrogens with one attached hydrogen (secondary N) is 1. The molecule has 6 nitrogen and oxygen atoms in total. The fraction of sp³-hybridized carbons (Fsp3) is 0.467. The first-order chi connectivity index (χ1) is 11.1. The highest BCUT2D eigenvalue weighted by molar-refractivity contribution is 5.82. The number of carbonyl (C=O) groups excluding carboxylic acids is 2. The van der Waals surface area contributed by atoms with Crippen LogP contribution in [0.5, 0.6) is 11.5 Å². The Hall–Kier alpha value is -2.45. The summed E-state index contributed by atoms with van der Waals surface area (Å²) in [6, 6.07) is 3.10. The Labute approximate surface area is 137 Å². The van der Waals surface area contributed by atoms with Gasteiger partial charge in [0.1, 0.15) is 0 Å². The smallest absolute Gasteiger partial charge is 0.471 e. The molecule has 0 atom stereocenters. The minimum Gasteiger partial charge on any atom is -0.493 e. The number of alkyl halides is 3. The van der Waals surface area contributed by atoms with Crippen LogP contribution in [0.2, 0.25) is 0 Å².